The minimum absolute atomic E-state index is 0.0242. The molecule has 3 aromatic rings. The van der Waals surface area contributed by atoms with Gasteiger partial charge in [-0.15, -0.1) is 0 Å². The second-order valence-corrected chi connectivity index (χ2v) is 9.41. The third-order valence-corrected chi connectivity index (χ3v) is 6.72. The molecule has 0 saturated heterocycles. The third kappa shape index (κ3) is 6.80. The van der Waals surface area contributed by atoms with Gasteiger partial charge in [-0.2, -0.15) is 4.72 Å². The zero-order valence-corrected chi connectivity index (χ0v) is 18.9. The predicted octanol–water partition coefficient (Wildman–Crippen LogP) is 3.29. The van der Waals surface area contributed by atoms with Crippen LogP contribution in [0.1, 0.15) is 12.0 Å². The van der Waals surface area contributed by atoms with E-state index >= 15 is 0 Å². The van der Waals surface area contributed by atoms with Crippen molar-refractivity contribution in [3.63, 3.8) is 0 Å². The molecule has 10 heteroatoms. The Bertz CT molecular complexity index is 1110. The molecule has 1 heterocycles. The van der Waals surface area contributed by atoms with E-state index in [-0.39, 0.29) is 21.4 Å². The number of benzene rings is 2. The highest BCUT2D eigenvalue weighted by Gasteiger charge is 2.27. The van der Waals surface area contributed by atoms with E-state index in [9.17, 15) is 13.2 Å². The molecule has 1 aromatic heterocycles. The quantitative estimate of drug-likeness (QED) is 0.435. The maximum absolute atomic E-state index is 13.0. The monoisotopic (exact) mass is 480 g/mol. The fourth-order valence-electron chi connectivity index (χ4n) is 2.99. The topological polar surface area (TPSA) is 93.1 Å². The lowest BCUT2D eigenvalue weighted by Crippen LogP contribution is -2.48. The van der Waals surface area contributed by atoms with Gasteiger partial charge in [-0.05, 0) is 36.6 Å². The molecule has 0 aliphatic rings. The lowest BCUT2D eigenvalue weighted by molar-refractivity contribution is -0.122. The number of sulfonamides is 1. The van der Waals surface area contributed by atoms with Crippen molar-refractivity contribution >= 4 is 39.1 Å². The first-order chi connectivity index (χ1) is 14.8. The number of amides is 1. The van der Waals surface area contributed by atoms with Crippen molar-refractivity contribution in [1.29, 1.82) is 0 Å². The Labute approximate surface area is 191 Å². The molecule has 0 radical (unpaired) electrons. The number of hydrogen-bond donors (Lipinski definition) is 2. The lowest BCUT2D eigenvalue weighted by atomic mass is 10.1. The molecule has 7 nitrogen and oxygen atoms in total. The first-order valence-corrected chi connectivity index (χ1v) is 11.8. The second kappa shape index (κ2) is 10.8. The molecule has 0 saturated carbocycles. The van der Waals surface area contributed by atoms with Gasteiger partial charge in [0.25, 0.3) is 0 Å². The van der Waals surface area contributed by atoms with Gasteiger partial charge in [0.15, 0.2) is 0 Å². The van der Waals surface area contributed by atoms with Gasteiger partial charge in [-0.25, -0.2) is 13.4 Å². The number of carbonyl (C=O) groups is 1. The van der Waals surface area contributed by atoms with Crippen LogP contribution in [0.25, 0.3) is 0 Å². The molecule has 0 bridgehead atoms. The Balaban J connectivity index is 1.72. The minimum atomic E-state index is -4.08. The fourth-order valence-corrected chi connectivity index (χ4v) is 4.94. The zero-order valence-electron chi connectivity index (χ0n) is 16.5. The van der Waals surface area contributed by atoms with Crippen LogP contribution >= 0.6 is 23.2 Å². The summed E-state index contributed by atoms with van der Waals surface area (Å²) >= 11 is 12.0. The molecule has 0 spiro atoms. The van der Waals surface area contributed by atoms with E-state index in [1.807, 2.05) is 41.1 Å². The number of nitrogens with one attached hydrogen (secondary N) is 2. The molecule has 164 valence electrons. The summed E-state index contributed by atoms with van der Waals surface area (Å²) in [5, 5.41) is 3.06. The predicted molar refractivity (Wildman–Crippen MR) is 121 cm³/mol. The van der Waals surface area contributed by atoms with Crippen LogP contribution in [0.3, 0.4) is 0 Å². The highest BCUT2D eigenvalue weighted by Crippen LogP contribution is 2.25. The smallest absolute Gasteiger partial charge is 0.242 e. The van der Waals surface area contributed by atoms with Gasteiger partial charge in [0, 0.05) is 30.5 Å². The minimum Gasteiger partial charge on any atom is -0.355 e. The number of halogens is 2. The van der Waals surface area contributed by atoms with Crippen molar-refractivity contribution in [1.82, 2.24) is 19.6 Å². The summed E-state index contributed by atoms with van der Waals surface area (Å²) in [6, 6.07) is 12.3. The van der Waals surface area contributed by atoms with Gasteiger partial charge in [-0.1, -0.05) is 53.5 Å². The maximum Gasteiger partial charge on any atom is 0.242 e. The molecule has 2 N–H and O–H groups in total. The molecule has 0 aliphatic carbocycles. The zero-order chi connectivity index (χ0) is 22.3. The van der Waals surface area contributed by atoms with Crippen LogP contribution in [0, 0.1) is 0 Å². The van der Waals surface area contributed by atoms with E-state index in [4.69, 9.17) is 23.2 Å². The lowest BCUT2D eigenvalue weighted by Gasteiger charge is -2.19. The number of carbonyl (C=O) groups excluding carboxylic acids is 1. The number of imidazole rings is 1. The molecule has 31 heavy (non-hydrogen) atoms. The van der Waals surface area contributed by atoms with Crippen LogP contribution in [-0.2, 0) is 27.8 Å². The van der Waals surface area contributed by atoms with Crippen molar-refractivity contribution < 1.29 is 13.2 Å². The first kappa shape index (κ1) is 23.3. The average Bonchev–Trinajstić information content (AvgIpc) is 3.26. The fraction of sp³-hybridized carbons (Fsp3) is 0.238. The summed E-state index contributed by atoms with van der Waals surface area (Å²) in [5.41, 5.74) is 0.820. The molecule has 3 rings (SSSR count). The highest BCUT2D eigenvalue weighted by molar-refractivity contribution is 7.89. The average molecular weight is 481 g/mol. The van der Waals surface area contributed by atoms with E-state index < -0.39 is 22.0 Å². The number of nitrogens with zero attached hydrogens (tertiary/aromatic N) is 2. The third-order valence-electron chi connectivity index (χ3n) is 4.53. The largest absolute Gasteiger partial charge is 0.355 e. The first-order valence-electron chi connectivity index (χ1n) is 9.60. The summed E-state index contributed by atoms with van der Waals surface area (Å²) in [7, 11) is -4.08. The van der Waals surface area contributed by atoms with Gasteiger partial charge in [-0.3, -0.25) is 4.79 Å². The van der Waals surface area contributed by atoms with E-state index in [1.54, 1.807) is 12.5 Å². The Morgan fingerprint density at radius 3 is 2.61 bits per heavy atom. The molecular weight excluding hydrogens is 459 g/mol. The van der Waals surface area contributed by atoms with E-state index in [0.717, 1.165) is 5.56 Å². The number of aromatic nitrogens is 2. The number of hydrogen-bond acceptors (Lipinski definition) is 4. The van der Waals surface area contributed by atoms with Gasteiger partial charge in [0.05, 0.1) is 11.3 Å². The molecule has 0 fully saturated rings. The van der Waals surface area contributed by atoms with Crippen LogP contribution in [-0.4, -0.2) is 36.5 Å². The van der Waals surface area contributed by atoms with Crippen molar-refractivity contribution in [3.8, 4) is 0 Å². The Morgan fingerprint density at radius 1 is 1.13 bits per heavy atom. The summed E-state index contributed by atoms with van der Waals surface area (Å²) < 4.78 is 30.3. The van der Waals surface area contributed by atoms with Crippen molar-refractivity contribution in [2.24, 2.45) is 0 Å². The van der Waals surface area contributed by atoms with Gasteiger partial charge < -0.3 is 9.88 Å². The Hall–Kier alpha value is -2.39. The van der Waals surface area contributed by atoms with E-state index in [1.165, 1.54) is 18.2 Å². The van der Waals surface area contributed by atoms with E-state index in [0.29, 0.717) is 19.5 Å². The Morgan fingerprint density at radius 2 is 1.90 bits per heavy atom. The van der Waals surface area contributed by atoms with Crippen LogP contribution in [0.5, 0.6) is 0 Å². The molecular formula is C21H22Cl2N4O3S. The standard InChI is InChI=1S/C21H22Cl2N4O3S/c22-17-7-8-18(23)20(14-17)31(29,30)26-19(13-16-5-2-1-3-6-16)21(28)25-9-4-11-27-12-10-24-15-27/h1-3,5-8,10,12,14-15,19,26H,4,9,11,13H2,(H,25,28)/t19-/m0/s1. The van der Waals surface area contributed by atoms with Crippen LogP contribution < -0.4 is 10.0 Å². The van der Waals surface area contributed by atoms with Crippen molar-refractivity contribution in [3.05, 3.63) is 82.9 Å². The van der Waals surface area contributed by atoms with Gasteiger partial charge in [0.1, 0.15) is 10.9 Å². The van der Waals surface area contributed by atoms with Crippen molar-refractivity contribution in [2.75, 3.05) is 6.54 Å². The molecule has 0 aliphatic heterocycles. The van der Waals surface area contributed by atoms with Gasteiger partial charge in [0.2, 0.25) is 15.9 Å². The van der Waals surface area contributed by atoms with E-state index in [2.05, 4.69) is 15.0 Å². The van der Waals surface area contributed by atoms with Gasteiger partial charge >= 0.3 is 0 Å². The van der Waals surface area contributed by atoms with Crippen LogP contribution in [0.15, 0.2) is 72.1 Å². The molecule has 1 atom stereocenters. The molecule has 0 unspecified atom stereocenters. The maximum atomic E-state index is 13.0. The van der Waals surface area contributed by atoms with Crippen LogP contribution in [0.4, 0.5) is 0 Å². The SMILES string of the molecule is O=C(NCCCn1ccnc1)[C@H](Cc1ccccc1)NS(=O)(=O)c1cc(Cl)ccc1Cl. The number of rotatable bonds is 10. The summed E-state index contributed by atoms with van der Waals surface area (Å²) in [4.78, 5) is 16.7. The molecule has 1 amide bonds. The number of aryl methyl sites for hydroxylation is 1. The van der Waals surface area contributed by atoms with Crippen molar-refractivity contribution in [2.45, 2.75) is 30.3 Å². The summed E-state index contributed by atoms with van der Waals surface area (Å²) in [5.74, 6) is -0.420. The summed E-state index contributed by atoms with van der Waals surface area (Å²) in [6.45, 7) is 1.08. The Kier molecular flexibility index (Phi) is 8.09. The summed E-state index contributed by atoms with van der Waals surface area (Å²) in [6.07, 6.45) is 6.08. The molecule has 2 aromatic carbocycles. The normalized spacial score (nSPS) is 12.5. The highest BCUT2D eigenvalue weighted by atomic mass is 35.5. The second-order valence-electron chi connectivity index (χ2n) is 6.88. The van der Waals surface area contributed by atoms with Crippen LogP contribution in [0.2, 0.25) is 10.0 Å².